The zero-order valence-electron chi connectivity index (χ0n) is 10.6. The van der Waals surface area contributed by atoms with Crippen molar-refractivity contribution in [2.45, 2.75) is 31.7 Å². The molecule has 0 radical (unpaired) electrons. The minimum Gasteiger partial charge on any atom is -0.480 e. The normalized spacial score (nSPS) is 17.9. The number of aromatic nitrogens is 1. The van der Waals surface area contributed by atoms with Gasteiger partial charge in [-0.15, -0.1) is 0 Å². The summed E-state index contributed by atoms with van der Waals surface area (Å²) in [5.74, 6) is 0.476. The Balaban J connectivity index is 2.18. The number of rotatable bonds is 4. The van der Waals surface area contributed by atoms with E-state index in [1.54, 1.807) is 11.8 Å². The molecule has 2 heterocycles. The molecule has 0 atom stereocenters. The Morgan fingerprint density at radius 3 is 2.79 bits per heavy atom. The molecule has 0 aliphatic carbocycles. The predicted molar refractivity (Wildman–Crippen MR) is 70.3 cm³/mol. The molecule has 1 saturated heterocycles. The van der Waals surface area contributed by atoms with Gasteiger partial charge in [0.2, 0.25) is 0 Å². The first-order valence-electron chi connectivity index (χ1n) is 6.15. The zero-order chi connectivity index (χ0) is 13.9. The molecular weight excluding hydrogens is 268 g/mol. The maximum Gasteiger partial charge on any atom is 0.329 e. The summed E-state index contributed by atoms with van der Waals surface area (Å²) in [6.07, 6.45) is 2.60. The molecule has 0 bridgehead atoms. The van der Waals surface area contributed by atoms with E-state index < -0.39 is 17.4 Å². The molecule has 7 heteroatoms. The van der Waals surface area contributed by atoms with Gasteiger partial charge in [0.15, 0.2) is 12.1 Å². The second-order valence-corrected chi connectivity index (χ2v) is 5.66. The summed E-state index contributed by atoms with van der Waals surface area (Å²) in [5, 5.41) is 12.0. The lowest BCUT2D eigenvalue weighted by molar-refractivity contribution is -0.144. The predicted octanol–water partition coefficient (Wildman–Crippen LogP) is 1.32. The fourth-order valence-electron chi connectivity index (χ4n) is 2.10. The third-order valence-electron chi connectivity index (χ3n) is 3.29. The Morgan fingerprint density at radius 2 is 2.21 bits per heavy atom. The molecule has 0 unspecified atom stereocenters. The van der Waals surface area contributed by atoms with Crippen LogP contribution in [0.2, 0.25) is 0 Å². The van der Waals surface area contributed by atoms with Gasteiger partial charge in [0.1, 0.15) is 11.3 Å². The van der Waals surface area contributed by atoms with Gasteiger partial charge in [-0.2, -0.15) is 11.8 Å². The number of hydrogen-bond acceptors (Lipinski definition) is 5. The Hall–Kier alpha value is -1.50. The van der Waals surface area contributed by atoms with Crippen molar-refractivity contribution in [3.63, 3.8) is 0 Å². The number of aryl methyl sites for hydroxylation is 1. The first kappa shape index (κ1) is 13.9. The third-order valence-corrected chi connectivity index (χ3v) is 4.27. The average molecular weight is 284 g/mol. The Bertz CT molecular complexity index is 480. The van der Waals surface area contributed by atoms with Crippen molar-refractivity contribution in [3.8, 4) is 0 Å². The van der Waals surface area contributed by atoms with Gasteiger partial charge in [-0.1, -0.05) is 6.92 Å². The highest BCUT2D eigenvalue weighted by Crippen LogP contribution is 2.28. The third kappa shape index (κ3) is 2.75. The molecule has 2 N–H and O–H groups in total. The summed E-state index contributed by atoms with van der Waals surface area (Å²) in [6.45, 7) is 1.85. The first-order valence-corrected chi connectivity index (χ1v) is 7.30. The molecule has 0 spiro atoms. The number of aliphatic carboxylic acids is 1. The van der Waals surface area contributed by atoms with Crippen LogP contribution >= 0.6 is 11.8 Å². The van der Waals surface area contributed by atoms with Gasteiger partial charge in [-0.25, -0.2) is 9.78 Å². The molecule has 0 saturated carbocycles. The quantitative estimate of drug-likeness (QED) is 0.866. The molecule has 2 rings (SSSR count). The monoisotopic (exact) mass is 284 g/mol. The highest BCUT2D eigenvalue weighted by molar-refractivity contribution is 7.99. The van der Waals surface area contributed by atoms with Crippen molar-refractivity contribution >= 4 is 23.6 Å². The molecule has 6 nitrogen and oxygen atoms in total. The standard InChI is InChI=1S/C12H16N2O4S/c1-2-8-9(13-7-18-8)10(15)14-12(11(16)17)3-5-19-6-4-12/h7H,2-6H2,1H3,(H,14,15)(H,16,17). The van der Waals surface area contributed by atoms with Crippen LogP contribution in [0.15, 0.2) is 10.8 Å². The van der Waals surface area contributed by atoms with Crippen molar-refractivity contribution in [3.05, 3.63) is 17.8 Å². The largest absolute Gasteiger partial charge is 0.480 e. The smallest absolute Gasteiger partial charge is 0.329 e. The molecule has 19 heavy (non-hydrogen) atoms. The van der Waals surface area contributed by atoms with E-state index in [1.165, 1.54) is 6.39 Å². The van der Waals surface area contributed by atoms with Gasteiger partial charge in [0.25, 0.3) is 5.91 Å². The van der Waals surface area contributed by atoms with Crippen molar-refractivity contribution in [1.29, 1.82) is 0 Å². The van der Waals surface area contributed by atoms with E-state index >= 15 is 0 Å². The van der Waals surface area contributed by atoms with Crippen LogP contribution in [-0.4, -0.2) is 39.0 Å². The maximum atomic E-state index is 12.2. The fourth-order valence-corrected chi connectivity index (χ4v) is 3.28. The van der Waals surface area contributed by atoms with Crippen LogP contribution in [0.4, 0.5) is 0 Å². The van der Waals surface area contributed by atoms with Crippen LogP contribution in [0, 0.1) is 0 Å². The number of carbonyl (C=O) groups excluding carboxylic acids is 1. The first-order chi connectivity index (χ1) is 9.09. The number of hydrogen-bond donors (Lipinski definition) is 2. The van der Waals surface area contributed by atoms with Crippen molar-refractivity contribution in [1.82, 2.24) is 10.3 Å². The lowest BCUT2D eigenvalue weighted by Crippen LogP contribution is -2.56. The maximum absolute atomic E-state index is 12.2. The number of amides is 1. The minimum absolute atomic E-state index is 0.182. The lowest BCUT2D eigenvalue weighted by atomic mass is 9.92. The van der Waals surface area contributed by atoms with Crippen molar-refractivity contribution in [2.75, 3.05) is 11.5 Å². The van der Waals surface area contributed by atoms with Gasteiger partial charge in [-0.3, -0.25) is 4.79 Å². The van der Waals surface area contributed by atoms with Crippen LogP contribution < -0.4 is 5.32 Å². The SMILES string of the molecule is CCc1ocnc1C(=O)NC1(C(=O)O)CCSCC1. The van der Waals surface area contributed by atoms with E-state index in [1.807, 2.05) is 6.92 Å². The highest BCUT2D eigenvalue weighted by Gasteiger charge is 2.42. The number of nitrogens with one attached hydrogen (secondary N) is 1. The highest BCUT2D eigenvalue weighted by atomic mass is 32.2. The van der Waals surface area contributed by atoms with E-state index in [2.05, 4.69) is 10.3 Å². The van der Waals surface area contributed by atoms with E-state index in [0.29, 0.717) is 25.0 Å². The molecule has 0 aromatic carbocycles. The number of oxazole rings is 1. The number of nitrogens with zero attached hydrogens (tertiary/aromatic N) is 1. The lowest BCUT2D eigenvalue weighted by Gasteiger charge is -2.33. The van der Waals surface area contributed by atoms with Gasteiger partial charge in [-0.05, 0) is 24.3 Å². The van der Waals surface area contributed by atoms with Gasteiger partial charge in [0.05, 0.1) is 0 Å². The summed E-state index contributed by atoms with van der Waals surface area (Å²) >= 11 is 1.70. The van der Waals surface area contributed by atoms with Gasteiger partial charge < -0.3 is 14.8 Å². The molecule has 1 aliphatic rings. The summed E-state index contributed by atoms with van der Waals surface area (Å²) in [4.78, 5) is 27.5. The van der Waals surface area contributed by atoms with Gasteiger partial charge >= 0.3 is 5.97 Å². The van der Waals surface area contributed by atoms with Crippen LogP contribution in [0.3, 0.4) is 0 Å². The van der Waals surface area contributed by atoms with E-state index in [-0.39, 0.29) is 5.69 Å². The van der Waals surface area contributed by atoms with Crippen LogP contribution in [0.1, 0.15) is 36.0 Å². The van der Waals surface area contributed by atoms with E-state index in [4.69, 9.17) is 4.42 Å². The summed E-state index contributed by atoms with van der Waals surface area (Å²) < 4.78 is 5.09. The van der Waals surface area contributed by atoms with Crippen LogP contribution in [-0.2, 0) is 11.2 Å². The summed E-state index contributed by atoms with van der Waals surface area (Å²) in [5.41, 5.74) is -0.993. The topological polar surface area (TPSA) is 92.4 Å². The summed E-state index contributed by atoms with van der Waals surface area (Å²) in [7, 11) is 0. The second kappa shape index (κ2) is 5.64. The number of carboxylic acids is 1. The van der Waals surface area contributed by atoms with Crippen molar-refractivity contribution < 1.29 is 19.1 Å². The number of carboxylic acid groups (broad SMARTS) is 1. The van der Waals surface area contributed by atoms with Gasteiger partial charge in [0, 0.05) is 6.42 Å². The summed E-state index contributed by atoms with van der Waals surface area (Å²) in [6, 6.07) is 0. The second-order valence-electron chi connectivity index (χ2n) is 4.43. The minimum atomic E-state index is -1.17. The van der Waals surface area contributed by atoms with E-state index in [9.17, 15) is 14.7 Å². The molecule has 104 valence electrons. The van der Waals surface area contributed by atoms with Crippen LogP contribution in [0.25, 0.3) is 0 Å². The Labute approximate surface area is 115 Å². The zero-order valence-corrected chi connectivity index (χ0v) is 11.5. The molecule has 1 aromatic heterocycles. The number of thioether (sulfide) groups is 1. The average Bonchev–Trinajstić information content (AvgIpc) is 2.88. The molecule has 1 fully saturated rings. The number of carbonyl (C=O) groups is 2. The van der Waals surface area contributed by atoms with Crippen molar-refractivity contribution in [2.24, 2.45) is 0 Å². The fraction of sp³-hybridized carbons (Fsp3) is 0.583. The molecule has 1 aliphatic heterocycles. The Morgan fingerprint density at radius 1 is 1.53 bits per heavy atom. The van der Waals surface area contributed by atoms with Crippen LogP contribution in [0.5, 0.6) is 0 Å². The molecular formula is C12H16N2O4S. The molecule has 1 amide bonds. The Kier molecular flexibility index (Phi) is 4.14. The van der Waals surface area contributed by atoms with E-state index in [0.717, 1.165) is 11.5 Å². The molecule has 1 aromatic rings.